The first-order valence-corrected chi connectivity index (χ1v) is 8.49. The minimum absolute atomic E-state index is 0.00931. The number of halogens is 2. The predicted molar refractivity (Wildman–Crippen MR) is 77.6 cm³/mol. The van der Waals surface area contributed by atoms with Crippen molar-refractivity contribution in [2.75, 3.05) is 6.26 Å². The maximum absolute atomic E-state index is 11.6. The molecule has 98 valence electrons. The third kappa shape index (κ3) is 2.77. The monoisotopic (exact) mass is 331 g/mol. The summed E-state index contributed by atoms with van der Waals surface area (Å²) in [7, 11) is -3.48. The van der Waals surface area contributed by atoms with E-state index in [4.69, 9.17) is 23.2 Å². The van der Waals surface area contributed by atoms with Crippen molar-refractivity contribution in [2.24, 2.45) is 0 Å². The van der Waals surface area contributed by atoms with Gasteiger partial charge in [-0.05, 0) is 17.7 Å². The summed E-state index contributed by atoms with van der Waals surface area (Å²) in [5.74, 6) is 0. The van der Waals surface area contributed by atoms with Crippen molar-refractivity contribution in [3.8, 4) is 17.2 Å². The van der Waals surface area contributed by atoms with E-state index in [1.807, 2.05) is 6.07 Å². The molecule has 2 aromatic rings. The van der Waals surface area contributed by atoms with E-state index in [-0.39, 0.29) is 14.1 Å². The molecule has 0 aliphatic carbocycles. The van der Waals surface area contributed by atoms with Gasteiger partial charge in [-0.25, -0.2) is 8.42 Å². The number of hydrogen-bond acceptors (Lipinski definition) is 4. The van der Waals surface area contributed by atoms with Crippen LogP contribution in [0.2, 0.25) is 9.36 Å². The average molecular weight is 332 g/mol. The van der Waals surface area contributed by atoms with Gasteiger partial charge < -0.3 is 0 Å². The molecule has 1 heterocycles. The van der Waals surface area contributed by atoms with Crippen LogP contribution in [-0.2, 0) is 9.84 Å². The summed E-state index contributed by atoms with van der Waals surface area (Å²) in [5.41, 5.74) is 1.18. The largest absolute Gasteiger partial charge is 0.223 e. The molecule has 3 nitrogen and oxygen atoms in total. The van der Waals surface area contributed by atoms with E-state index in [1.54, 1.807) is 24.3 Å². The zero-order valence-electron chi connectivity index (χ0n) is 9.65. The van der Waals surface area contributed by atoms with Crippen LogP contribution in [0.25, 0.3) is 11.1 Å². The summed E-state index contributed by atoms with van der Waals surface area (Å²) in [6.45, 7) is 0. The van der Waals surface area contributed by atoms with Crippen LogP contribution < -0.4 is 0 Å². The number of benzene rings is 1. The summed E-state index contributed by atoms with van der Waals surface area (Å²) in [5, 5.41) is 9.75. The third-order valence-corrected chi connectivity index (χ3v) is 5.90. The number of thiophene rings is 1. The highest BCUT2D eigenvalue weighted by molar-refractivity contribution is 7.92. The smallest absolute Gasteiger partial charge is 0.186 e. The van der Waals surface area contributed by atoms with Gasteiger partial charge in [-0.15, -0.1) is 11.3 Å². The molecule has 7 heteroatoms. The highest BCUT2D eigenvalue weighted by Gasteiger charge is 2.24. The number of hydrogen-bond donors (Lipinski definition) is 0. The summed E-state index contributed by atoms with van der Waals surface area (Å²) >= 11 is 12.8. The Hall–Kier alpha value is -1.06. The van der Waals surface area contributed by atoms with Gasteiger partial charge in [0.1, 0.15) is 14.6 Å². The fourth-order valence-corrected chi connectivity index (χ4v) is 4.43. The van der Waals surface area contributed by atoms with E-state index < -0.39 is 9.84 Å². The molecule has 0 spiro atoms. The normalized spacial score (nSPS) is 11.3. The molecule has 0 atom stereocenters. The molecule has 0 aliphatic rings. The molecule has 0 fully saturated rings. The highest BCUT2D eigenvalue weighted by Crippen LogP contribution is 2.42. The Kier molecular flexibility index (Phi) is 3.88. The average Bonchev–Trinajstić information content (AvgIpc) is 2.67. The summed E-state index contributed by atoms with van der Waals surface area (Å²) in [4.78, 5) is 0. The Morgan fingerprint density at radius 3 is 2.26 bits per heavy atom. The summed E-state index contributed by atoms with van der Waals surface area (Å²) in [6.07, 6.45) is 1.06. The number of rotatable bonds is 2. The van der Waals surface area contributed by atoms with Crippen LogP contribution in [0.4, 0.5) is 0 Å². The van der Waals surface area contributed by atoms with E-state index in [1.165, 1.54) is 0 Å². The Morgan fingerprint density at radius 1 is 1.21 bits per heavy atom. The van der Waals surface area contributed by atoms with Gasteiger partial charge in [-0.1, -0.05) is 35.3 Å². The van der Waals surface area contributed by atoms with Gasteiger partial charge in [0.2, 0.25) is 0 Å². The molecule has 1 aromatic heterocycles. The van der Waals surface area contributed by atoms with Crippen LogP contribution >= 0.6 is 34.5 Å². The molecule has 2 rings (SSSR count). The van der Waals surface area contributed by atoms with Crippen molar-refractivity contribution in [3.63, 3.8) is 0 Å². The minimum Gasteiger partial charge on any atom is -0.223 e. The zero-order valence-corrected chi connectivity index (χ0v) is 12.8. The lowest BCUT2D eigenvalue weighted by Gasteiger charge is -2.01. The number of nitrogens with zero attached hydrogens (tertiary/aromatic N) is 1. The van der Waals surface area contributed by atoms with Crippen molar-refractivity contribution in [1.29, 1.82) is 5.26 Å². The molecule has 0 saturated carbocycles. The molecule has 0 N–H and O–H groups in total. The van der Waals surface area contributed by atoms with Crippen molar-refractivity contribution in [1.82, 2.24) is 0 Å². The van der Waals surface area contributed by atoms with E-state index >= 15 is 0 Å². The molecule has 0 radical (unpaired) electrons. The third-order valence-electron chi connectivity index (χ3n) is 2.41. The van der Waals surface area contributed by atoms with E-state index in [0.717, 1.165) is 17.6 Å². The predicted octanol–water partition coefficient (Wildman–Crippen LogP) is 4.00. The van der Waals surface area contributed by atoms with Crippen molar-refractivity contribution in [3.05, 3.63) is 39.2 Å². The molecule has 1 aromatic carbocycles. The lowest BCUT2D eigenvalue weighted by molar-refractivity contribution is 0.603. The van der Waals surface area contributed by atoms with Crippen LogP contribution in [0.1, 0.15) is 5.56 Å². The summed E-state index contributed by atoms with van der Waals surface area (Å²) in [6, 6.07) is 8.63. The lowest BCUT2D eigenvalue weighted by Crippen LogP contribution is -1.96. The topological polar surface area (TPSA) is 57.9 Å². The molecule has 0 amide bonds. The van der Waals surface area contributed by atoms with Gasteiger partial charge in [-0.2, -0.15) is 5.26 Å². The first-order chi connectivity index (χ1) is 8.84. The Balaban J connectivity index is 2.75. The standard InChI is InChI=1S/C12H7Cl2NO2S2/c1-19(16,17)12-9(6-15)10(11(14)18-12)7-2-4-8(13)5-3-7/h2-5H,1H3. The van der Waals surface area contributed by atoms with Gasteiger partial charge in [0.15, 0.2) is 9.84 Å². The van der Waals surface area contributed by atoms with Crippen LogP contribution in [0.15, 0.2) is 28.5 Å². The zero-order chi connectivity index (χ0) is 14.2. The Morgan fingerprint density at radius 2 is 1.79 bits per heavy atom. The fourth-order valence-electron chi connectivity index (χ4n) is 1.62. The van der Waals surface area contributed by atoms with E-state index in [2.05, 4.69) is 0 Å². The molecule has 0 unspecified atom stereocenters. The minimum atomic E-state index is -3.48. The second-order valence-corrected chi connectivity index (χ2v) is 8.07. The van der Waals surface area contributed by atoms with Crippen molar-refractivity contribution < 1.29 is 8.42 Å². The molecular weight excluding hydrogens is 325 g/mol. The van der Waals surface area contributed by atoms with Crippen LogP contribution in [0.3, 0.4) is 0 Å². The first kappa shape index (κ1) is 14.4. The van der Waals surface area contributed by atoms with Crippen LogP contribution in [-0.4, -0.2) is 14.7 Å². The van der Waals surface area contributed by atoms with E-state index in [0.29, 0.717) is 16.1 Å². The maximum atomic E-state index is 11.6. The SMILES string of the molecule is CS(=O)(=O)c1sc(Cl)c(-c2ccc(Cl)cc2)c1C#N. The lowest BCUT2D eigenvalue weighted by atomic mass is 10.1. The first-order valence-electron chi connectivity index (χ1n) is 5.03. The Labute approximate surface area is 124 Å². The maximum Gasteiger partial charge on any atom is 0.186 e. The van der Waals surface area contributed by atoms with Crippen LogP contribution in [0.5, 0.6) is 0 Å². The van der Waals surface area contributed by atoms with Gasteiger partial charge in [-0.3, -0.25) is 0 Å². The summed E-state index contributed by atoms with van der Waals surface area (Å²) < 4.78 is 23.6. The van der Waals surface area contributed by atoms with Gasteiger partial charge >= 0.3 is 0 Å². The molecule has 0 bridgehead atoms. The van der Waals surface area contributed by atoms with E-state index in [9.17, 15) is 13.7 Å². The quantitative estimate of drug-likeness (QED) is 0.835. The Bertz CT molecular complexity index is 771. The fraction of sp³-hybridized carbons (Fsp3) is 0.0833. The highest BCUT2D eigenvalue weighted by atomic mass is 35.5. The second-order valence-electron chi connectivity index (χ2n) is 3.80. The van der Waals surface area contributed by atoms with Crippen molar-refractivity contribution >= 4 is 44.4 Å². The molecule has 0 saturated heterocycles. The molecule has 19 heavy (non-hydrogen) atoms. The molecular formula is C12H7Cl2NO2S2. The number of sulfone groups is 1. The van der Waals surface area contributed by atoms with Gasteiger partial charge in [0, 0.05) is 16.8 Å². The van der Waals surface area contributed by atoms with Crippen molar-refractivity contribution in [2.45, 2.75) is 4.21 Å². The van der Waals surface area contributed by atoms with Crippen LogP contribution in [0, 0.1) is 11.3 Å². The van der Waals surface area contributed by atoms with Gasteiger partial charge in [0.05, 0.1) is 5.56 Å². The van der Waals surface area contributed by atoms with Gasteiger partial charge in [0.25, 0.3) is 0 Å². The number of nitriles is 1. The second kappa shape index (κ2) is 5.14. The molecule has 0 aliphatic heterocycles.